The molecule has 266 valence electrons. The molecule has 0 amide bonds. The number of aromatic nitrogens is 4. The lowest BCUT2D eigenvalue weighted by molar-refractivity contribution is 0.669. The first kappa shape index (κ1) is 31.9. The molecule has 0 saturated heterocycles. The standard InChI is InChI=1S/C51H30N4OS/c1-2-11-31(12-3-1)49-52-50(54-51(53-49)40-16-10-20-47-48(40)39-15-6-9-19-46(39)57-47)32-21-25-35(26-22-32)55-42-17-7-4-13-36(42)37-27-23-34(30-43(37)55)33-24-28-45-41(29-33)38-14-5-8-18-44(38)56-45/h1-30H. The number of furan rings is 1. The molecule has 57 heavy (non-hydrogen) atoms. The first-order valence-corrected chi connectivity index (χ1v) is 19.8. The van der Waals surface area contributed by atoms with Gasteiger partial charge in [0, 0.05) is 64.1 Å². The highest BCUT2D eigenvalue weighted by atomic mass is 32.1. The molecule has 8 aromatic carbocycles. The maximum Gasteiger partial charge on any atom is 0.164 e. The molecule has 4 aromatic heterocycles. The molecule has 0 spiro atoms. The van der Waals surface area contributed by atoms with E-state index in [4.69, 9.17) is 19.4 Å². The van der Waals surface area contributed by atoms with Gasteiger partial charge in [-0.25, -0.2) is 15.0 Å². The van der Waals surface area contributed by atoms with Gasteiger partial charge in [-0.15, -0.1) is 11.3 Å². The second-order valence-electron chi connectivity index (χ2n) is 14.4. The van der Waals surface area contributed by atoms with E-state index in [1.807, 2.05) is 30.3 Å². The molecule has 5 nitrogen and oxygen atoms in total. The summed E-state index contributed by atoms with van der Waals surface area (Å²) in [6.07, 6.45) is 0. The highest BCUT2D eigenvalue weighted by Crippen LogP contribution is 2.41. The number of fused-ring (bicyclic) bond motifs is 9. The number of rotatable bonds is 5. The fraction of sp³-hybridized carbons (Fsp3) is 0. The zero-order chi connectivity index (χ0) is 37.5. The highest BCUT2D eigenvalue weighted by Gasteiger charge is 2.18. The van der Waals surface area contributed by atoms with Gasteiger partial charge in [0.05, 0.1) is 11.0 Å². The third-order valence-electron chi connectivity index (χ3n) is 11.1. The highest BCUT2D eigenvalue weighted by molar-refractivity contribution is 7.25. The molecular formula is C51H30N4OS. The SMILES string of the molecule is c1ccc(-c2nc(-c3ccc(-n4c5ccccc5c5ccc(-c6ccc7oc8ccccc8c7c6)cc54)cc3)nc(-c3cccc4sc5ccccc5c34)n2)cc1. The van der Waals surface area contributed by atoms with Gasteiger partial charge in [0.25, 0.3) is 0 Å². The van der Waals surface area contributed by atoms with E-state index in [0.29, 0.717) is 17.5 Å². The quantitative estimate of drug-likeness (QED) is 0.176. The molecule has 0 saturated carbocycles. The van der Waals surface area contributed by atoms with Crippen LogP contribution < -0.4 is 0 Å². The predicted octanol–water partition coefficient (Wildman–Crippen LogP) is 13.9. The van der Waals surface area contributed by atoms with Gasteiger partial charge >= 0.3 is 0 Å². The van der Waals surface area contributed by atoms with Crippen LogP contribution in [0.3, 0.4) is 0 Å². The maximum atomic E-state index is 6.14. The predicted molar refractivity (Wildman–Crippen MR) is 236 cm³/mol. The van der Waals surface area contributed by atoms with Crippen LogP contribution in [0, 0.1) is 0 Å². The van der Waals surface area contributed by atoms with Crippen LogP contribution in [0.2, 0.25) is 0 Å². The summed E-state index contributed by atoms with van der Waals surface area (Å²) < 4.78 is 11.0. The molecule has 0 aliphatic carbocycles. The summed E-state index contributed by atoms with van der Waals surface area (Å²) in [5, 5.41) is 7.06. The van der Waals surface area contributed by atoms with Crippen molar-refractivity contribution < 1.29 is 4.42 Å². The molecule has 0 aliphatic rings. The molecule has 0 atom stereocenters. The van der Waals surface area contributed by atoms with Crippen molar-refractivity contribution in [3.8, 4) is 51.0 Å². The average molecular weight is 747 g/mol. The summed E-state index contributed by atoms with van der Waals surface area (Å²) >= 11 is 1.80. The Bertz CT molecular complexity index is 3520. The number of nitrogens with zero attached hydrogens (tertiary/aromatic N) is 4. The maximum absolute atomic E-state index is 6.14. The largest absolute Gasteiger partial charge is 0.456 e. The van der Waals surface area contributed by atoms with Crippen molar-refractivity contribution in [2.75, 3.05) is 0 Å². The van der Waals surface area contributed by atoms with Gasteiger partial charge in [0.15, 0.2) is 17.5 Å². The van der Waals surface area contributed by atoms with Crippen molar-refractivity contribution in [1.29, 1.82) is 0 Å². The Morgan fingerprint density at radius 3 is 1.86 bits per heavy atom. The first-order valence-electron chi connectivity index (χ1n) is 19.0. The van der Waals surface area contributed by atoms with Crippen molar-refractivity contribution in [2.24, 2.45) is 0 Å². The van der Waals surface area contributed by atoms with Crippen LogP contribution in [0.1, 0.15) is 0 Å². The average Bonchev–Trinajstić information content (AvgIpc) is 3.96. The minimum Gasteiger partial charge on any atom is -0.456 e. The van der Waals surface area contributed by atoms with Gasteiger partial charge in [-0.05, 0) is 77.9 Å². The van der Waals surface area contributed by atoms with Crippen LogP contribution in [0.15, 0.2) is 186 Å². The minimum absolute atomic E-state index is 0.633. The van der Waals surface area contributed by atoms with Crippen LogP contribution in [0.25, 0.3) is 115 Å². The molecule has 0 fully saturated rings. The van der Waals surface area contributed by atoms with Gasteiger partial charge < -0.3 is 8.98 Å². The van der Waals surface area contributed by atoms with Gasteiger partial charge in [0.1, 0.15) is 11.2 Å². The van der Waals surface area contributed by atoms with E-state index in [-0.39, 0.29) is 0 Å². The Morgan fingerprint density at radius 1 is 0.386 bits per heavy atom. The van der Waals surface area contributed by atoms with E-state index in [1.165, 1.54) is 30.9 Å². The minimum atomic E-state index is 0.633. The van der Waals surface area contributed by atoms with Crippen LogP contribution in [-0.2, 0) is 0 Å². The summed E-state index contributed by atoms with van der Waals surface area (Å²) in [6, 6.07) is 63.9. The van der Waals surface area contributed by atoms with Crippen LogP contribution in [-0.4, -0.2) is 19.5 Å². The Morgan fingerprint density at radius 2 is 1.00 bits per heavy atom. The lowest BCUT2D eigenvalue weighted by atomic mass is 10.0. The fourth-order valence-electron chi connectivity index (χ4n) is 8.40. The van der Waals surface area contributed by atoms with Crippen LogP contribution in [0.5, 0.6) is 0 Å². The number of thiophene rings is 1. The van der Waals surface area contributed by atoms with E-state index in [2.05, 4.69) is 156 Å². The third kappa shape index (κ3) is 5.12. The topological polar surface area (TPSA) is 56.7 Å². The Balaban J connectivity index is 0.999. The summed E-state index contributed by atoms with van der Waals surface area (Å²) in [7, 11) is 0. The normalized spacial score (nSPS) is 11.9. The smallest absolute Gasteiger partial charge is 0.164 e. The van der Waals surface area contributed by atoms with E-state index in [0.717, 1.165) is 66.5 Å². The lowest BCUT2D eigenvalue weighted by Crippen LogP contribution is -2.01. The molecule has 0 aliphatic heterocycles. The molecular weight excluding hydrogens is 717 g/mol. The van der Waals surface area contributed by atoms with Gasteiger partial charge in [-0.1, -0.05) is 115 Å². The second-order valence-corrected chi connectivity index (χ2v) is 15.5. The summed E-state index contributed by atoms with van der Waals surface area (Å²) in [6.45, 7) is 0. The Kier molecular flexibility index (Phi) is 7.03. The van der Waals surface area contributed by atoms with E-state index in [1.54, 1.807) is 11.3 Å². The van der Waals surface area contributed by atoms with Crippen LogP contribution in [0.4, 0.5) is 0 Å². The molecule has 0 N–H and O–H groups in total. The molecule has 12 rings (SSSR count). The zero-order valence-electron chi connectivity index (χ0n) is 30.4. The van der Waals surface area contributed by atoms with E-state index < -0.39 is 0 Å². The molecule has 4 heterocycles. The van der Waals surface area contributed by atoms with Gasteiger partial charge in [-0.2, -0.15) is 0 Å². The van der Waals surface area contributed by atoms with Crippen molar-refractivity contribution in [3.05, 3.63) is 182 Å². The second kappa shape index (κ2) is 12.6. The number of benzene rings is 8. The molecule has 12 aromatic rings. The third-order valence-corrected chi connectivity index (χ3v) is 12.2. The summed E-state index contributed by atoms with van der Waals surface area (Å²) in [4.78, 5) is 15.3. The number of hydrogen-bond donors (Lipinski definition) is 0. The lowest BCUT2D eigenvalue weighted by Gasteiger charge is -2.12. The number of hydrogen-bond acceptors (Lipinski definition) is 5. The Hall–Kier alpha value is -7.41. The number of para-hydroxylation sites is 2. The van der Waals surface area contributed by atoms with Gasteiger partial charge in [-0.3, -0.25) is 0 Å². The summed E-state index contributed by atoms with van der Waals surface area (Å²) in [5.41, 5.74) is 10.3. The van der Waals surface area contributed by atoms with Crippen molar-refractivity contribution in [2.45, 2.75) is 0 Å². The molecule has 0 radical (unpaired) electrons. The first-order chi connectivity index (χ1) is 28.2. The monoisotopic (exact) mass is 746 g/mol. The van der Waals surface area contributed by atoms with Crippen LogP contribution >= 0.6 is 11.3 Å². The van der Waals surface area contributed by atoms with E-state index >= 15 is 0 Å². The van der Waals surface area contributed by atoms with E-state index in [9.17, 15) is 0 Å². The zero-order valence-corrected chi connectivity index (χ0v) is 31.2. The molecule has 6 heteroatoms. The van der Waals surface area contributed by atoms with Crippen molar-refractivity contribution in [1.82, 2.24) is 19.5 Å². The fourth-order valence-corrected chi connectivity index (χ4v) is 9.53. The van der Waals surface area contributed by atoms with Crippen molar-refractivity contribution >= 4 is 75.3 Å². The van der Waals surface area contributed by atoms with Crippen molar-refractivity contribution in [3.63, 3.8) is 0 Å². The molecule has 0 bridgehead atoms. The summed E-state index contributed by atoms with van der Waals surface area (Å²) in [5.74, 6) is 1.94. The Labute approximate surface area is 330 Å². The van der Waals surface area contributed by atoms with Gasteiger partial charge in [0.2, 0.25) is 0 Å². The molecule has 0 unspecified atom stereocenters.